The number of nitrogens with zero attached hydrogens (tertiary/aromatic N) is 5. The van der Waals surface area contributed by atoms with E-state index in [-0.39, 0.29) is 12.5 Å². The van der Waals surface area contributed by atoms with Crippen LogP contribution in [0.3, 0.4) is 0 Å². The van der Waals surface area contributed by atoms with Crippen LogP contribution in [0.1, 0.15) is 41.5 Å². The molecule has 8 heteroatoms. The van der Waals surface area contributed by atoms with Gasteiger partial charge in [-0.05, 0) is 12.1 Å². The zero-order chi connectivity index (χ0) is 16.7. The predicted octanol–water partition coefficient (Wildman–Crippen LogP) is 1.23. The Morgan fingerprint density at radius 2 is 2.33 bits per heavy atom. The van der Waals surface area contributed by atoms with Crippen molar-refractivity contribution in [3.05, 3.63) is 48.0 Å². The van der Waals surface area contributed by atoms with Crippen molar-refractivity contribution >= 4 is 11.6 Å². The third-order valence-corrected chi connectivity index (χ3v) is 4.26. The van der Waals surface area contributed by atoms with Crippen molar-refractivity contribution in [3.8, 4) is 0 Å². The van der Waals surface area contributed by atoms with Crippen molar-refractivity contribution in [2.75, 3.05) is 6.54 Å². The summed E-state index contributed by atoms with van der Waals surface area (Å²) in [4.78, 5) is 23.0. The van der Waals surface area contributed by atoms with Crippen LogP contribution in [0.4, 0.5) is 0 Å². The van der Waals surface area contributed by atoms with Gasteiger partial charge in [-0.1, -0.05) is 12.1 Å². The fourth-order valence-corrected chi connectivity index (χ4v) is 3.03. The largest absolute Gasteiger partial charge is 0.391 e. The van der Waals surface area contributed by atoms with E-state index < -0.39 is 12.1 Å². The highest BCUT2D eigenvalue weighted by Crippen LogP contribution is 2.32. The first kappa shape index (κ1) is 14.8. The summed E-state index contributed by atoms with van der Waals surface area (Å²) in [7, 11) is 0. The number of imidazole rings is 1. The molecule has 1 aliphatic rings. The molecule has 1 saturated heterocycles. The van der Waals surface area contributed by atoms with Gasteiger partial charge in [0.2, 0.25) is 5.89 Å². The Morgan fingerprint density at radius 3 is 3.12 bits per heavy atom. The first-order chi connectivity index (χ1) is 11.7. The summed E-state index contributed by atoms with van der Waals surface area (Å²) >= 11 is 0. The van der Waals surface area contributed by atoms with Gasteiger partial charge in [0, 0.05) is 38.0 Å². The molecule has 3 aromatic rings. The van der Waals surface area contributed by atoms with Gasteiger partial charge in [0.15, 0.2) is 5.82 Å². The second kappa shape index (κ2) is 5.72. The Kier molecular flexibility index (Phi) is 3.53. The first-order valence-corrected chi connectivity index (χ1v) is 7.90. The number of amides is 1. The van der Waals surface area contributed by atoms with Crippen LogP contribution in [0.2, 0.25) is 0 Å². The maximum Gasteiger partial charge on any atom is 0.256 e. The molecule has 0 unspecified atom stereocenters. The highest BCUT2D eigenvalue weighted by Gasteiger charge is 2.39. The number of fused-ring (bicyclic) bond motifs is 1. The van der Waals surface area contributed by atoms with Crippen LogP contribution in [0, 0.1) is 0 Å². The minimum atomic E-state index is -0.604. The lowest BCUT2D eigenvalue weighted by Crippen LogP contribution is -2.32. The van der Waals surface area contributed by atoms with Crippen molar-refractivity contribution in [1.82, 2.24) is 24.4 Å². The Labute approximate surface area is 137 Å². The molecule has 0 bridgehead atoms. The van der Waals surface area contributed by atoms with Gasteiger partial charge in [-0.3, -0.25) is 4.79 Å². The molecule has 1 amide bonds. The Balaban J connectivity index is 1.65. The maximum atomic E-state index is 12.9. The minimum absolute atomic E-state index is 0.177. The highest BCUT2D eigenvalue weighted by molar-refractivity contribution is 5.94. The summed E-state index contributed by atoms with van der Waals surface area (Å²) in [5.41, 5.74) is 1.30. The molecule has 4 heterocycles. The molecule has 0 spiro atoms. The van der Waals surface area contributed by atoms with Gasteiger partial charge in [-0.15, -0.1) is 0 Å². The third-order valence-electron chi connectivity index (χ3n) is 4.26. The zero-order valence-electron chi connectivity index (χ0n) is 13.2. The summed E-state index contributed by atoms with van der Waals surface area (Å²) in [5.74, 6) is 0.794. The summed E-state index contributed by atoms with van der Waals surface area (Å²) in [6.07, 6.45) is 5.64. The quantitative estimate of drug-likeness (QED) is 0.777. The normalized spacial score (nSPS) is 20.8. The molecule has 1 fully saturated rings. The Morgan fingerprint density at radius 1 is 1.46 bits per heavy atom. The number of hydrogen-bond acceptors (Lipinski definition) is 6. The third kappa shape index (κ3) is 2.44. The zero-order valence-corrected chi connectivity index (χ0v) is 13.2. The van der Waals surface area contributed by atoms with Crippen LogP contribution in [0.25, 0.3) is 5.65 Å². The van der Waals surface area contributed by atoms with E-state index in [9.17, 15) is 9.90 Å². The topological polar surface area (TPSA) is 96.8 Å². The molecule has 2 atom stereocenters. The molecule has 0 aromatic carbocycles. The van der Waals surface area contributed by atoms with Gasteiger partial charge in [-0.2, -0.15) is 4.98 Å². The van der Waals surface area contributed by atoms with Crippen LogP contribution in [-0.4, -0.2) is 48.1 Å². The van der Waals surface area contributed by atoms with Gasteiger partial charge >= 0.3 is 0 Å². The second-order valence-corrected chi connectivity index (χ2v) is 5.88. The van der Waals surface area contributed by atoms with Gasteiger partial charge in [0.1, 0.15) is 11.7 Å². The number of aliphatic hydroxyl groups excluding tert-OH is 1. The number of carbonyl (C=O) groups excluding carboxylic acids is 1. The van der Waals surface area contributed by atoms with Crippen LogP contribution in [-0.2, 0) is 6.42 Å². The van der Waals surface area contributed by atoms with Crippen molar-refractivity contribution < 1.29 is 14.4 Å². The average molecular weight is 327 g/mol. The number of aromatic nitrogens is 4. The smallest absolute Gasteiger partial charge is 0.256 e. The van der Waals surface area contributed by atoms with E-state index >= 15 is 0 Å². The van der Waals surface area contributed by atoms with Crippen molar-refractivity contribution in [3.63, 3.8) is 0 Å². The Bertz CT molecular complexity index is 887. The van der Waals surface area contributed by atoms with E-state index in [0.29, 0.717) is 30.1 Å². The van der Waals surface area contributed by atoms with Crippen LogP contribution in [0.15, 0.2) is 35.2 Å². The molecule has 4 rings (SSSR count). The van der Waals surface area contributed by atoms with E-state index in [4.69, 9.17) is 4.52 Å². The molecular weight excluding hydrogens is 310 g/mol. The van der Waals surface area contributed by atoms with E-state index in [1.807, 2.05) is 6.92 Å². The van der Waals surface area contributed by atoms with E-state index in [1.165, 1.54) is 0 Å². The molecule has 0 aliphatic carbocycles. The standard InChI is InChI=1S/C16H17N5O3/c1-2-13-18-15(24-19-13)12-7-11(22)9-21(12)16(23)10-3-4-14-17-5-6-20(14)8-10/h3-6,8,11-12,22H,2,7,9H2,1H3/t11-,12+/m0/s1. The monoisotopic (exact) mass is 327 g/mol. The highest BCUT2D eigenvalue weighted by atomic mass is 16.5. The lowest BCUT2D eigenvalue weighted by Gasteiger charge is -2.21. The van der Waals surface area contributed by atoms with Crippen molar-refractivity contribution in [1.29, 1.82) is 0 Å². The minimum Gasteiger partial charge on any atom is -0.391 e. The average Bonchev–Trinajstić information content (AvgIpc) is 3.31. The van der Waals surface area contributed by atoms with E-state index in [1.54, 1.807) is 40.0 Å². The molecule has 8 nitrogen and oxygen atoms in total. The van der Waals surface area contributed by atoms with Crippen molar-refractivity contribution in [2.24, 2.45) is 0 Å². The van der Waals surface area contributed by atoms with Gasteiger partial charge in [0.05, 0.1) is 11.7 Å². The van der Waals surface area contributed by atoms with E-state index in [0.717, 1.165) is 5.65 Å². The van der Waals surface area contributed by atoms with Crippen molar-refractivity contribution in [2.45, 2.75) is 31.9 Å². The summed E-state index contributed by atoms with van der Waals surface area (Å²) < 4.78 is 7.07. The van der Waals surface area contributed by atoms with Crippen LogP contribution < -0.4 is 0 Å². The summed E-state index contributed by atoms with van der Waals surface area (Å²) in [6, 6.07) is 3.12. The molecule has 0 radical (unpaired) electrons. The molecule has 3 aromatic heterocycles. The van der Waals surface area contributed by atoms with E-state index in [2.05, 4.69) is 15.1 Å². The second-order valence-electron chi connectivity index (χ2n) is 5.88. The number of aliphatic hydroxyl groups is 1. The lowest BCUT2D eigenvalue weighted by atomic mass is 10.2. The summed E-state index contributed by atoms with van der Waals surface area (Å²) in [5, 5.41) is 13.9. The SMILES string of the molecule is CCc1noc([C@H]2C[C@H](O)CN2C(=O)c2ccc3nccn3c2)n1. The Hall–Kier alpha value is -2.74. The first-order valence-electron chi connectivity index (χ1n) is 7.90. The molecule has 1 aliphatic heterocycles. The summed E-state index contributed by atoms with van der Waals surface area (Å²) in [6.45, 7) is 2.18. The molecular formula is C16H17N5O3. The fourth-order valence-electron chi connectivity index (χ4n) is 3.03. The van der Waals surface area contributed by atoms with Gasteiger partial charge in [0.25, 0.3) is 5.91 Å². The molecule has 124 valence electrons. The maximum absolute atomic E-state index is 12.9. The number of rotatable bonds is 3. The molecule has 24 heavy (non-hydrogen) atoms. The predicted molar refractivity (Wildman–Crippen MR) is 83.3 cm³/mol. The number of pyridine rings is 1. The van der Waals surface area contributed by atoms with Crippen LogP contribution >= 0.6 is 0 Å². The number of aryl methyl sites for hydroxylation is 1. The fraction of sp³-hybridized carbons (Fsp3) is 0.375. The molecule has 1 N–H and O–H groups in total. The van der Waals surface area contributed by atoms with Crippen LogP contribution in [0.5, 0.6) is 0 Å². The number of hydrogen-bond donors (Lipinski definition) is 1. The number of likely N-dealkylation sites (tertiary alicyclic amines) is 1. The number of β-amino-alcohol motifs (C(OH)–C–C–N with tert-alkyl or cyclic N) is 1. The van der Waals surface area contributed by atoms with Gasteiger partial charge in [-0.25, -0.2) is 4.98 Å². The number of carbonyl (C=O) groups is 1. The molecule has 0 saturated carbocycles. The lowest BCUT2D eigenvalue weighted by molar-refractivity contribution is 0.0693. The van der Waals surface area contributed by atoms with Gasteiger partial charge < -0.3 is 18.9 Å².